The Labute approximate surface area is 89.8 Å². The molecule has 0 radical (unpaired) electrons. The molecule has 4 unspecified atom stereocenters. The van der Waals surface area contributed by atoms with Crippen molar-refractivity contribution < 1.29 is 17.8 Å². The summed E-state index contributed by atoms with van der Waals surface area (Å²) >= 11 is 0. The summed E-state index contributed by atoms with van der Waals surface area (Å²) in [5, 5.41) is -0.765. The fraction of sp³-hybridized carbons (Fsp3) is 0.900. The van der Waals surface area contributed by atoms with Crippen molar-refractivity contribution in [2.75, 3.05) is 0 Å². The van der Waals surface area contributed by atoms with Crippen LogP contribution in [0.2, 0.25) is 0 Å². The first-order chi connectivity index (χ1) is 6.75. The van der Waals surface area contributed by atoms with Crippen LogP contribution in [0.4, 0.5) is 0 Å². The lowest BCUT2D eigenvalue weighted by Crippen LogP contribution is -2.42. The van der Waals surface area contributed by atoms with Gasteiger partial charge < -0.3 is 4.79 Å². The van der Waals surface area contributed by atoms with E-state index in [4.69, 9.17) is 0 Å². The van der Waals surface area contributed by atoms with Crippen molar-refractivity contribution in [3.8, 4) is 0 Å². The molecule has 0 aromatic rings. The molecule has 2 saturated carbocycles. The molecule has 0 aromatic carbocycles. The van der Waals surface area contributed by atoms with Gasteiger partial charge in [-0.3, -0.25) is 4.55 Å². The van der Waals surface area contributed by atoms with E-state index >= 15 is 0 Å². The topological polar surface area (TPSA) is 71.4 Å². The maximum Gasteiger partial charge on any atom is 0.268 e. The first-order valence-corrected chi connectivity index (χ1v) is 6.68. The van der Waals surface area contributed by atoms with Crippen molar-refractivity contribution in [2.24, 2.45) is 16.7 Å². The summed E-state index contributed by atoms with van der Waals surface area (Å²) in [6.07, 6.45) is 2.90. The summed E-state index contributed by atoms with van der Waals surface area (Å²) in [5.74, 6) is 0.104. The monoisotopic (exact) mass is 232 g/mol. The minimum atomic E-state index is -4.03. The van der Waals surface area contributed by atoms with Gasteiger partial charge in [-0.05, 0) is 30.6 Å². The van der Waals surface area contributed by atoms with Crippen LogP contribution in [0.25, 0.3) is 0 Å². The van der Waals surface area contributed by atoms with Gasteiger partial charge in [-0.15, -0.1) is 0 Å². The van der Waals surface area contributed by atoms with E-state index in [0.717, 1.165) is 12.7 Å². The molecule has 4 atom stereocenters. The first-order valence-electron chi connectivity index (χ1n) is 5.18. The standard InChI is InChI=1S/C10H16O4S/c1-9-4-3-7(10(9,2)6-11)5-8(9)15(12,13)14/h6-8H,3-5H2,1-2H3,(H,12,13,14). The van der Waals surface area contributed by atoms with Crippen molar-refractivity contribution in [3.05, 3.63) is 0 Å². The molecule has 0 saturated heterocycles. The van der Waals surface area contributed by atoms with Gasteiger partial charge in [-0.2, -0.15) is 8.42 Å². The van der Waals surface area contributed by atoms with Gasteiger partial charge in [0.05, 0.1) is 5.25 Å². The highest BCUT2D eigenvalue weighted by Crippen LogP contribution is 2.66. The lowest BCUT2D eigenvalue weighted by Gasteiger charge is -2.36. The molecular formula is C10H16O4S. The highest BCUT2D eigenvalue weighted by atomic mass is 32.2. The van der Waals surface area contributed by atoms with E-state index in [0.29, 0.717) is 12.8 Å². The number of hydrogen-bond acceptors (Lipinski definition) is 3. The van der Waals surface area contributed by atoms with Crippen LogP contribution >= 0.6 is 0 Å². The third-order valence-electron chi connectivity index (χ3n) is 4.90. The fourth-order valence-electron chi connectivity index (χ4n) is 3.58. The Balaban J connectivity index is 2.51. The zero-order valence-corrected chi connectivity index (χ0v) is 9.75. The van der Waals surface area contributed by atoms with Crippen molar-refractivity contribution in [1.82, 2.24) is 0 Å². The summed E-state index contributed by atoms with van der Waals surface area (Å²) in [6.45, 7) is 3.63. The Hall–Kier alpha value is -0.420. The third kappa shape index (κ3) is 1.16. The number of fused-ring (bicyclic) bond motifs is 2. The third-order valence-corrected chi connectivity index (χ3v) is 6.34. The van der Waals surface area contributed by atoms with Gasteiger partial charge >= 0.3 is 0 Å². The lowest BCUT2D eigenvalue weighted by molar-refractivity contribution is -0.120. The van der Waals surface area contributed by atoms with Gasteiger partial charge in [0, 0.05) is 5.41 Å². The van der Waals surface area contributed by atoms with E-state index in [2.05, 4.69) is 0 Å². The predicted molar refractivity (Wildman–Crippen MR) is 55.0 cm³/mol. The molecule has 0 aromatic heterocycles. The molecule has 1 N–H and O–H groups in total. The summed E-state index contributed by atoms with van der Waals surface area (Å²) in [5.41, 5.74) is -1.18. The molecule has 2 aliphatic carbocycles. The largest absolute Gasteiger partial charge is 0.303 e. The van der Waals surface area contributed by atoms with Crippen molar-refractivity contribution in [3.63, 3.8) is 0 Å². The molecule has 0 spiro atoms. The Morgan fingerprint density at radius 3 is 2.33 bits per heavy atom. The van der Waals surface area contributed by atoms with Crippen LogP contribution in [0.1, 0.15) is 33.1 Å². The van der Waals surface area contributed by atoms with Crippen LogP contribution in [-0.2, 0) is 14.9 Å². The normalized spacial score (nSPS) is 49.5. The molecule has 2 fully saturated rings. The molecule has 2 aliphatic rings. The molecule has 0 heterocycles. The highest BCUT2D eigenvalue weighted by molar-refractivity contribution is 7.86. The Kier molecular flexibility index (Phi) is 2.09. The average molecular weight is 232 g/mol. The summed E-state index contributed by atoms with van der Waals surface area (Å²) < 4.78 is 31.7. The number of carbonyl (C=O) groups excluding carboxylic acids is 1. The van der Waals surface area contributed by atoms with Gasteiger partial charge in [0.15, 0.2) is 0 Å². The van der Waals surface area contributed by atoms with Crippen molar-refractivity contribution in [1.29, 1.82) is 0 Å². The zero-order valence-electron chi connectivity index (χ0n) is 8.93. The molecule has 86 valence electrons. The van der Waals surface area contributed by atoms with Crippen LogP contribution in [-0.4, -0.2) is 24.5 Å². The van der Waals surface area contributed by atoms with Crippen LogP contribution < -0.4 is 0 Å². The van der Waals surface area contributed by atoms with Crippen LogP contribution in [0.5, 0.6) is 0 Å². The summed E-state index contributed by atoms with van der Waals surface area (Å²) in [6, 6.07) is 0. The Morgan fingerprint density at radius 1 is 1.40 bits per heavy atom. The molecule has 2 bridgehead atoms. The van der Waals surface area contributed by atoms with Crippen LogP contribution in [0.15, 0.2) is 0 Å². The predicted octanol–water partition coefficient (Wildman–Crippen LogP) is 1.27. The highest BCUT2D eigenvalue weighted by Gasteiger charge is 2.67. The molecule has 4 nitrogen and oxygen atoms in total. The van der Waals surface area contributed by atoms with E-state index in [-0.39, 0.29) is 5.92 Å². The average Bonchev–Trinajstić information content (AvgIpc) is 2.50. The van der Waals surface area contributed by atoms with Crippen LogP contribution in [0, 0.1) is 16.7 Å². The Bertz CT molecular complexity index is 402. The van der Waals surface area contributed by atoms with E-state index in [1.807, 2.05) is 13.8 Å². The van der Waals surface area contributed by atoms with Gasteiger partial charge in [-0.25, -0.2) is 0 Å². The molecule has 0 aliphatic heterocycles. The number of carbonyl (C=O) groups is 1. The SMILES string of the molecule is CC1(C=O)C2CCC1(C)C(S(=O)(=O)O)C2. The number of rotatable bonds is 2. The summed E-state index contributed by atoms with van der Waals surface area (Å²) in [7, 11) is -4.03. The van der Waals surface area contributed by atoms with E-state index in [1.54, 1.807) is 0 Å². The van der Waals surface area contributed by atoms with Crippen molar-refractivity contribution in [2.45, 2.75) is 38.4 Å². The summed E-state index contributed by atoms with van der Waals surface area (Å²) in [4.78, 5) is 11.2. The lowest BCUT2D eigenvalue weighted by atomic mass is 9.70. The molecular weight excluding hydrogens is 216 g/mol. The van der Waals surface area contributed by atoms with Crippen molar-refractivity contribution >= 4 is 16.4 Å². The minimum Gasteiger partial charge on any atom is -0.303 e. The molecule has 0 amide bonds. The maximum atomic E-state index is 11.3. The van der Waals surface area contributed by atoms with Gasteiger partial charge in [0.1, 0.15) is 6.29 Å². The second-order valence-corrected chi connectivity index (χ2v) is 6.89. The number of hydrogen-bond donors (Lipinski definition) is 1. The van der Waals surface area contributed by atoms with Gasteiger partial charge in [0.25, 0.3) is 10.1 Å². The first kappa shape index (κ1) is 11.1. The maximum absolute atomic E-state index is 11.3. The second-order valence-electron chi connectivity index (χ2n) is 5.29. The molecule has 5 heteroatoms. The van der Waals surface area contributed by atoms with E-state index in [9.17, 15) is 17.8 Å². The number of aldehydes is 1. The zero-order chi connectivity index (χ0) is 11.5. The molecule has 2 rings (SSSR count). The molecule has 15 heavy (non-hydrogen) atoms. The minimum absolute atomic E-state index is 0.104. The van der Waals surface area contributed by atoms with Gasteiger partial charge in [0.2, 0.25) is 0 Å². The van der Waals surface area contributed by atoms with Gasteiger partial charge in [-0.1, -0.05) is 13.8 Å². The van der Waals surface area contributed by atoms with Crippen LogP contribution in [0.3, 0.4) is 0 Å². The quantitative estimate of drug-likeness (QED) is 0.575. The smallest absolute Gasteiger partial charge is 0.268 e. The fourth-order valence-corrected chi connectivity index (χ4v) is 5.08. The van der Waals surface area contributed by atoms with E-state index in [1.165, 1.54) is 0 Å². The second kappa shape index (κ2) is 2.83. The Morgan fingerprint density at radius 2 is 2.00 bits per heavy atom. The van der Waals surface area contributed by atoms with E-state index < -0.39 is 26.2 Å².